The molecule has 0 saturated carbocycles. The van der Waals surface area contributed by atoms with E-state index in [4.69, 9.17) is 4.74 Å². The van der Waals surface area contributed by atoms with E-state index in [1.54, 1.807) is 6.20 Å². The zero-order valence-corrected chi connectivity index (χ0v) is 13.9. The number of pyridine rings is 1. The fourth-order valence-corrected chi connectivity index (χ4v) is 3.34. The first kappa shape index (κ1) is 15.7. The Bertz CT molecular complexity index is 735. The third-order valence-corrected chi connectivity index (χ3v) is 4.29. The highest BCUT2D eigenvalue weighted by Gasteiger charge is 2.44. The lowest BCUT2D eigenvalue weighted by Gasteiger charge is -2.38. The van der Waals surface area contributed by atoms with E-state index in [1.807, 2.05) is 36.7 Å². The molecule has 1 unspecified atom stereocenters. The van der Waals surface area contributed by atoms with E-state index in [0.717, 1.165) is 22.8 Å². The lowest BCUT2D eigenvalue weighted by molar-refractivity contribution is -0.0260. The molecule has 122 valence electrons. The van der Waals surface area contributed by atoms with Crippen LogP contribution >= 0.6 is 0 Å². The molecule has 0 saturated heterocycles. The van der Waals surface area contributed by atoms with Crippen molar-refractivity contribution >= 4 is 5.71 Å². The normalized spacial score (nSPS) is 21.4. The molecular weight excluding hydrogens is 292 g/mol. The van der Waals surface area contributed by atoms with Gasteiger partial charge in [-0.2, -0.15) is 5.10 Å². The van der Waals surface area contributed by atoms with Gasteiger partial charge in [0.05, 0.1) is 17.1 Å². The summed E-state index contributed by atoms with van der Waals surface area (Å²) in [5.41, 5.74) is 3.05. The molecule has 1 atom stereocenters. The third-order valence-electron chi connectivity index (χ3n) is 4.29. The Labute approximate surface area is 135 Å². The lowest BCUT2D eigenvalue weighted by atomic mass is 9.72. The van der Waals surface area contributed by atoms with Gasteiger partial charge in [0, 0.05) is 30.2 Å². The minimum absolute atomic E-state index is 0.142. The monoisotopic (exact) mass is 314 g/mol. The highest BCUT2D eigenvalue weighted by molar-refractivity contribution is 6.03. The minimum Gasteiger partial charge on any atom is -0.411 e. The molecule has 0 spiro atoms. The van der Waals surface area contributed by atoms with Crippen molar-refractivity contribution in [3.05, 3.63) is 41.3 Å². The van der Waals surface area contributed by atoms with Crippen LogP contribution < -0.4 is 0 Å². The molecule has 3 rings (SSSR count). The Morgan fingerprint density at radius 1 is 1.43 bits per heavy atom. The Morgan fingerprint density at radius 3 is 2.83 bits per heavy atom. The largest absolute Gasteiger partial charge is 0.411 e. The van der Waals surface area contributed by atoms with Gasteiger partial charge in [-0.25, -0.2) is 9.67 Å². The van der Waals surface area contributed by atoms with Crippen LogP contribution in [0.1, 0.15) is 50.2 Å². The van der Waals surface area contributed by atoms with E-state index in [9.17, 15) is 5.21 Å². The van der Waals surface area contributed by atoms with Crippen LogP contribution in [-0.2, 0) is 4.74 Å². The average Bonchev–Trinajstić information content (AvgIpc) is 2.88. The molecule has 23 heavy (non-hydrogen) atoms. The Balaban J connectivity index is 2.28. The maximum Gasteiger partial charge on any atom is 0.153 e. The van der Waals surface area contributed by atoms with E-state index in [1.165, 1.54) is 0 Å². The van der Waals surface area contributed by atoms with Crippen LogP contribution in [-0.4, -0.2) is 32.3 Å². The summed E-state index contributed by atoms with van der Waals surface area (Å²) in [7, 11) is 0. The molecule has 6 nitrogen and oxygen atoms in total. The van der Waals surface area contributed by atoms with Crippen molar-refractivity contribution < 1.29 is 9.94 Å². The van der Waals surface area contributed by atoms with Crippen molar-refractivity contribution in [3.63, 3.8) is 0 Å². The maximum absolute atomic E-state index is 9.48. The summed E-state index contributed by atoms with van der Waals surface area (Å²) in [6.45, 7) is 8.75. The summed E-state index contributed by atoms with van der Waals surface area (Å²) in [6.07, 6.45) is 2.23. The predicted octanol–water partition coefficient (Wildman–Crippen LogP) is 3.26. The number of hydrogen-bond donors (Lipinski definition) is 1. The van der Waals surface area contributed by atoms with Gasteiger partial charge >= 0.3 is 0 Å². The summed E-state index contributed by atoms with van der Waals surface area (Å²) in [5.74, 6) is 0.733. The number of ether oxygens (including phenoxy) is 1. The van der Waals surface area contributed by atoms with Gasteiger partial charge in [0.25, 0.3) is 0 Å². The molecule has 2 heterocycles. The van der Waals surface area contributed by atoms with Gasteiger partial charge in [-0.05, 0) is 26.0 Å². The highest BCUT2D eigenvalue weighted by atomic mass is 16.5. The quantitative estimate of drug-likeness (QED) is 0.697. The number of rotatable bonds is 3. The van der Waals surface area contributed by atoms with E-state index in [0.29, 0.717) is 18.7 Å². The van der Waals surface area contributed by atoms with Gasteiger partial charge in [-0.1, -0.05) is 25.1 Å². The van der Waals surface area contributed by atoms with Crippen LogP contribution in [0.3, 0.4) is 0 Å². The van der Waals surface area contributed by atoms with E-state index in [-0.39, 0.29) is 11.5 Å². The van der Waals surface area contributed by atoms with Gasteiger partial charge < -0.3 is 9.94 Å². The zero-order valence-electron chi connectivity index (χ0n) is 13.9. The molecule has 6 heteroatoms. The van der Waals surface area contributed by atoms with Crippen LogP contribution in [0, 0.1) is 12.3 Å². The number of nitrogens with zero attached hydrogens (tertiary/aromatic N) is 4. The van der Waals surface area contributed by atoms with Gasteiger partial charge in [0.1, 0.15) is 6.10 Å². The summed E-state index contributed by atoms with van der Waals surface area (Å²) in [5, 5.41) is 17.7. The van der Waals surface area contributed by atoms with Crippen LogP contribution in [0.15, 0.2) is 29.6 Å². The van der Waals surface area contributed by atoms with Gasteiger partial charge in [0.2, 0.25) is 0 Å². The van der Waals surface area contributed by atoms with Gasteiger partial charge in [-0.15, -0.1) is 0 Å². The number of aryl methyl sites for hydroxylation is 1. The van der Waals surface area contributed by atoms with E-state index in [2.05, 4.69) is 29.1 Å². The third kappa shape index (κ3) is 2.53. The smallest absolute Gasteiger partial charge is 0.153 e. The standard InChI is InChI=1S/C17H22N4O2/c1-5-23-16-15-14(12(20-22)10-17(16,3)4)11(2)19-21(15)13-8-6-7-9-18-13/h6-9,16,22H,5,10H2,1-4H3. The Hall–Kier alpha value is -2.21. The first-order valence-corrected chi connectivity index (χ1v) is 7.83. The number of aromatic nitrogens is 3. The molecule has 2 aromatic rings. The number of oxime groups is 1. The fraction of sp³-hybridized carbons (Fsp3) is 0.471. The van der Waals surface area contributed by atoms with E-state index >= 15 is 0 Å². The molecular formula is C17H22N4O2. The molecule has 2 aromatic heterocycles. The molecule has 0 radical (unpaired) electrons. The zero-order chi connectivity index (χ0) is 16.6. The SMILES string of the molecule is CCOC1c2c(c(C)nn2-c2ccccn2)C(=NO)CC1(C)C. The molecule has 0 fully saturated rings. The van der Waals surface area contributed by atoms with E-state index < -0.39 is 0 Å². The van der Waals surface area contributed by atoms with Gasteiger partial charge in [0.15, 0.2) is 5.82 Å². The molecule has 0 aromatic carbocycles. The lowest BCUT2D eigenvalue weighted by Crippen LogP contribution is -2.35. The second-order valence-electron chi connectivity index (χ2n) is 6.49. The summed E-state index contributed by atoms with van der Waals surface area (Å²) in [4.78, 5) is 4.41. The molecule has 0 amide bonds. The van der Waals surface area contributed by atoms with Crippen molar-refractivity contribution in [1.82, 2.24) is 14.8 Å². The topological polar surface area (TPSA) is 72.5 Å². The number of hydrogen-bond acceptors (Lipinski definition) is 5. The molecule has 1 aliphatic carbocycles. The second kappa shape index (κ2) is 5.77. The molecule has 1 N–H and O–H groups in total. The summed E-state index contributed by atoms with van der Waals surface area (Å²) in [6, 6.07) is 5.71. The minimum atomic E-state index is -0.205. The van der Waals surface area contributed by atoms with Gasteiger partial charge in [-0.3, -0.25) is 0 Å². The van der Waals surface area contributed by atoms with Crippen molar-refractivity contribution in [2.24, 2.45) is 10.6 Å². The molecule has 0 aliphatic heterocycles. The van der Waals surface area contributed by atoms with Crippen molar-refractivity contribution in [3.8, 4) is 5.82 Å². The average molecular weight is 314 g/mol. The van der Waals surface area contributed by atoms with Crippen molar-refractivity contribution in [2.45, 2.75) is 40.2 Å². The van der Waals surface area contributed by atoms with Crippen LogP contribution in [0.4, 0.5) is 0 Å². The number of fused-ring (bicyclic) bond motifs is 1. The first-order chi connectivity index (χ1) is 11.0. The van der Waals surface area contributed by atoms with Crippen LogP contribution in [0.2, 0.25) is 0 Å². The second-order valence-corrected chi connectivity index (χ2v) is 6.49. The van der Waals surface area contributed by atoms with Crippen molar-refractivity contribution in [2.75, 3.05) is 6.61 Å². The first-order valence-electron chi connectivity index (χ1n) is 7.83. The van der Waals surface area contributed by atoms with Crippen molar-refractivity contribution in [1.29, 1.82) is 0 Å². The summed E-state index contributed by atoms with van der Waals surface area (Å²) >= 11 is 0. The Kier molecular flexibility index (Phi) is 3.93. The van der Waals surface area contributed by atoms with Crippen LogP contribution in [0.25, 0.3) is 5.82 Å². The summed E-state index contributed by atoms with van der Waals surface area (Å²) < 4.78 is 7.88. The predicted molar refractivity (Wildman–Crippen MR) is 87.2 cm³/mol. The molecule has 0 bridgehead atoms. The maximum atomic E-state index is 9.48. The van der Waals surface area contributed by atoms with Crippen LogP contribution in [0.5, 0.6) is 0 Å². The Morgan fingerprint density at radius 2 is 2.22 bits per heavy atom. The molecule has 1 aliphatic rings. The fourth-order valence-electron chi connectivity index (χ4n) is 3.34. The highest BCUT2D eigenvalue weighted by Crippen LogP contribution is 2.47.